The van der Waals surface area contributed by atoms with Crippen molar-refractivity contribution in [3.05, 3.63) is 92.4 Å². The van der Waals surface area contributed by atoms with Crippen LogP contribution >= 0.6 is 11.6 Å². The predicted molar refractivity (Wildman–Crippen MR) is 137 cm³/mol. The molecule has 1 aromatic heterocycles. The summed E-state index contributed by atoms with van der Waals surface area (Å²) >= 11 is 5.87. The number of benzene rings is 2. The second-order valence-electron chi connectivity index (χ2n) is 9.23. The molecule has 3 aromatic rings. The van der Waals surface area contributed by atoms with Crippen LogP contribution in [0.2, 0.25) is 5.02 Å². The van der Waals surface area contributed by atoms with Gasteiger partial charge in [-0.1, -0.05) is 11.6 Å². The third kappa shape index (κ3) is 5.96. The van der Waals surface area contributed by atoms with E-state index in [4.69, 9.17) is 16.3 Å². The van der Waals surface area contributed by atoms with Crippen LogP contribution in [0.4, 0.5) is 27.6 Å². The number of rotatable bonds is 7. The number of nitrogens with one attached hydrogen (secondary N) is 1. The zero-order valence-electron chi connectivity index (χ0n) is 21.2. The molecule has 0 saturated carbocycles. The molecule has 2 heterocycles. The maximum absolute atomic E-state index is 15.2. The highest BCUT2D eigenvalue weighted by Gasteiger charge is 2.46. The number of nitrogens with zero attached hydrogens (tertiary/aromatic N) is 2. The van der Waals surface area contributed by atoms with Gasteiger partial charge in [0.15, 0.2) is 0 Å². The van der Waals surface area contributed by atoms with Crippen LogP contribution in [0.5, 0.6) is 5.75 Å². The van der Waals surface area contributed by atoms with Crippen LogP contribution in [0.3, 0.4) is 0 Å². The smallest absolute Gasteiger partial charge is 0.390 e. The summed E-state index contributed by atoms with van der Waals surface area (Å²) in [5.41, 5.74) is -1.31. The highest BCUT2D eigenvalue weighted by molar-refractivity contribution is 6.30. The van der Waals surface area contributed by atoms with Crippen LogP contribution < -0.4 is 20.5 Å². The van der Waals surface area contributed by atoms with Gasteiger partial charge in [0.1, 0.15) is 29.1 Å². The van der Waals surface area contributed by atoms with Crippen LogP contribution in [0.25, 0.3) is 0 Å². The van der Waals surface area contributed by atoms with E-state index < -0.39 is 72.2 Å². The molecule has 2 amide bonds. The zero-order chi connectivity index (χ0) is 29.4. The molecule has 0 aliphatic carbocycles. The Morgan fingerprint density at radius 2 is 1.73 bits per heavy atom. The number of halogens is 6. The molecule has 0 bridgehead atoms. The number of ether oxygens (including phenoxy) is 1. The molecule has 1 N–H and O–H groups in total. The fourth-order valence-electron chi connectivity index (χ4n) is 4.62. The quantitative estimate of drug-likeness (QED) is 0.398. The first-order valence-electron chi connectivity index (χ1n) is 12.0. The van der Waals surface area contributed by atoms with Gasteiger partial charge >= 0.3 is 6.18 Å². The van der Waals surface area contributed by atoms with Gasteiger partial charge in [-0.3, -0.25) is 14.4 Å². The summed E-state index contributed by atoms with van der Waals surface area (Å²) in [6, 6.07) is 7.33. The predicted octanol–water partition coefficient (Wildman–Crippen LogP) is 4.98. The fourth-order valence-corrected chi connectivity index (χ4v) is 4.74. The van der Waals surface area contributed by atoms with E-state index in [1.807, 2.05) is 0 Å². The molecule has 212 valence electrons. The number of anilines is 1. The van der Waals surface area contributed by atoms with Crippen LogP contribution in [-0.4, -0.2) is 42.3 Å². The molecule has 1 aliphatic rings. The fraction of sp³-hybridized carbons (Fsp3) is 0.296. The molecule has 2 atom stereocenters. The highest BCUT2D eigenvalue weighted by Crippen LogP contribution is 2.36. The Balaban J connectivity index is 1.78. The molecule has 0 unspecified atom stereocenters. The van der Waals surface area contributed by atoms with Crippen LogP contribution in [0.1, 0.15) is 33.8 Å². The average Bonchev–Trinajstić information content (AvgIpc) is 3.18. The first-order chi connectivity index (χ1) is 18.8. The van der Waals surface area contributed by atoms with Gasteiger partial charge in [-0.15, -0.1) is 0 Å². The molecule has 7 nitrogen and oxygen atoms in total. The molecule has 4 rings (SSSR count). The minimum Gasteiger partial charge on any atom is -0.497 e. The lowest BCUT2D eigenvalue weighted by Gasteiger charge is -2.20. The lowest BCUT2D eigenvalue weighted by Crippen LogP contribution is -2.45. The van der Waals surface area contributed by atoms with Crippen molar-refractivity contribution < 1.29 is 36.3 Å². The Kier molecular flexibility index (Phi) is 8.20. The standard InChI is InChI=1S/C27H23ClF5N3O4/c1-14-7-9-35(10-8-27(31,32)33)26(39)23(14)36-13-18(21-19(29)11-17(40-2)12-20(21)30)22(25(36)38)34-24(37)15-3-5-16(28)6-4-15/h3-7,9,11-12,18,22H,8,10,13H2,1-2H3,(H,34,37)/t18-,22-/m0/s1. The maximum atomic E-state index is 15.2. The second kappa shape index (κ2) is 11.3. The Bertz CT molecular complexity index is 1480. The van der Waals surface area contributed by atoms with Crippen LogP contribution in [0.15, 0.2) is 53.5 Å². The van der Waals surface area contributed by atoms with E-state index in [0.29, 0.717) is 5.02 Å². The largest absolute Gasteiger partial charge is 0.497 e. The number of pyridine rings is 1. The zero-order valence-corrected chi connectivity index (χ0v) is 21.9. The summed E-state index contributed by atoms with van der Waals surface area (Å²) in [6.45, 7) is 0.338. The maximum Gasteiger partial charge on any atom is 0.390 e. The van der Waals surface area contributed by atoms with Gasteiger partial charge in [-0.05, 0) is 42.8 Å². The van der Waals surface area contributed by atoms with Gasteiger partial charge in [-0.25, -0.2) is 8.78 Å². The molecule has 1 saturated heterocycles. The number of aromatic nitrogens is 1. The summed E-state index contributed by atoms with van der Waals surface area (Å²) < 4.78 is 74.5. The van der Waals surface area contributed by atoms with Crippen molar-refractivity contribution >= 4 is 29.1 Å². The summed E-state index contributed by atoms with van der Waals surface area (Å²) in [4.78, 5) is 40.9. The van der Waals surface area contributed by atoms with E-state index in [1.165, 1.54) is 50.6 Å². The summed E-state index contributed by atoms with van der Waals surface area (Å²) in [6.07, 6.45) is -4.64. The van der Waals surface area contributed by atoms with Crippen molar-refractivity contribution in [2.75, 3.05) is 18.6 Å². The van der Waals surface area contributed by atoms with Gasteiger partial charge in [0, 0.05) is 53.5 Å². The Labute approximate surface area is 230 Å². The Morgan fingerprint density at radius 1 is 1.10 bits per heavy atom. The number of hydrogen-bond acceptors (Lipinski definition) is 4. The molecule has 13 heteroatoms. The van der Waals surface area contributed by atoms with Crippen molar-refractivity contribution in [3.8, 4) is 5.75 Å². The van der Waals surface area contributed by atoms with Crippen molar-refractivity contribution in [1.82, 2.24) is 9.88 Å². The van der Waals surface area contributed by atoms with Crippen molar-refractivity contribution in [1.29, 1.82) is 0 Å². The van der Waals surface area contributed by atoms with Gasteiger partial charge in [0.2, 0.25) is 5.91 Å². The lowest BCUT2D eigenvalue weighted by atomic mass is 9.92. The number of methoxy groups -OCH3 is 1. The number of aryl methyl sites for hydroxylation is 2. The topological polar surface area (TPSA) is 80.6 Å². The Morgan fingerprint density at radius 3 is 2.30 bits per heavy atom. The van der Waals surface area contributed by atoms with Crippen molar-refractivity contribution in [3.63, 3.8) is 0 Å². The summed E-state index contributed by atoms with van der Waals surface area (Å²) in [7, 11) is 1.21. The third-order valence-electron chi connectivity index (χ3n) is 6.61. The molecular weight excluding hydrogens is 561 g/mol. The molecule has 1 fully saturated rings. The number of carbonyl (C=O) groups excluding carboxylic acids is 2. The summed E-state index contributed by atoms with van der Waals surface area (Å²) in [5, 5.41) is 2.85. The van der Waals surface area contributed by atoms with Crippen molar-refractivity contribution in [2.45, 2.75) is 38.0 Å². The molecule has 40 heavy (non-hydrogen) atoms. The second-order valence-corrected chi connectivity index (χ2v) is 9.67. The van der Waals surface area contributed by atoms with Gasteiger partial charge in [-0.2, -0.15) is 13.2 Å². The lowest BCUT2D eigenvalue weighted by molar-refractivity contribution is -0.136. The SMILES string of the molecule is COc1cc(F)c([C@@H]2CN(c3c(C)ccn(CCC(F)(F)F)c3=O)C(=O)[C@H]2NC(=O)c2ccc(Cl)cc2)c(F)c1. The molecule has 1 aliphatic heterocycles. The first kappa shape index (κ1) is 29.1. The number of carbonyl (C=O) groups is 2. The van der Waals surface area contributed by atoms with E-state index in [9.17, 15) is 27.6 Å². The van der Waals surface area contributed by atoms with Crippen molar-refractivity contribution in [2.24, 2.45) is 0 Å². The minimum atomic E-state index is -4.53. The average molecular weight is 584 g/mol. The third-order valence-corrected chi connectivity index (χ3v) is 6.87. The van der Waals surface area contributed by atoms with Gasteiger partial charge < -0.3 is 19.5 Å². The van der Waals surface area contributed by atoms with E-state index in [2.05, 4.69) is 5.32 Å². The molecule has 0 radical (unpaired) electrons. The van der Waals surface area contributed by atoms with E-state index >= 15 is 8.78 Å². The highest BCUT2D eigenvalue weighted by atomic mass is 35.5. The summed E-state index contributed by atoms with van der Waals surface area (Å²) in [5.74, 6) is -5.13. The van der Waals surface area contributed by atoms with E-state index in [-0.39, 0.29) is 22.6 Å². The first-order valence-corrected chi connectivity index (χ1v) is 12.4. The molecular formula is C27H23ClF5N3O4. The minimum absolute atomic E-state index is 0.107. The number of alkyl halides is 3. The van der Waals surface area contributed by atoms with Gasteiger partial charge in [0.05, 0.1) is 13.5 Å². The number of hydrogen-bond donors (Lipinski definition) is 1. The van der Waals surface area contributed by atoms with Crippen LogP contribution in [0, 0.1) is 18.6 Å². The van der Waals surface area contributed by atoms with E-state index in [0.717, 1.165) is 21.6 Å². The van der Waals surface area contributed by atoms with Crippen LogP contribution in [-0.2, 0) is 11.3 Å². The van der Waals surface area contributed by atoms with Gasteiger partial charge in [0.25, 0.3) is 11.5 Å². The molecule has 2 aromatic carbocycles. The molecule has 0 spiro atoms. The normalized spacial score (nSPS) is 17.3. The van der Waals surface area contributed by atoms with E-state index in [1.54, 1.807) is 0 Å². The monoisotopic (exact) mass is 583 g/mol. The Hall–Kier alpha value is -3.93. The number of amides is 2.